The lowest BCUT2D eigenvalue weighted by Crippen LogP contribution is -2.46. The normalized spacial score (nSPS) is 29.6. The SMILES string of the molecule is NC1CC2CCC(C1)N2Cc1ccc(Cl)c([N+](=O)[O-])c1. The van der Waals surface area contributed by atoms with Crippen molar-refractivity contribution in [3.05, 3.63) is 38.9 Å². The van der Waals surface area contributed by atoms with E-state index in [2.05, 4.69) is 4.90 Å². The van der Waals surface area contributed by atoms with Crippen LogP contribution in [0, 0.1) is 10.1 Å². The molecule has 2 heterocycles. The maximum absolute atomic E-state index is 10.9. The van der Waals surface area contributed by atoms with Crippen LogP contribution in [0.3, 0.4) is 0 Å². The minimum atomic E-state index is -0.424. The molecular formula is C14H18ClN3O2. The summed E-state index contributed by atoms with van der Waals surface area (Å²) < 4.78 is 0. The van der Waals surface area contributed by atoms with Crippen LogP contribution < -0.4 is 5.73 Å². The van der Waals surface area contributed by atoms with E-state index < -0.39 is 4.92 Å². The average molecular weight is 296 g/mol. The summed E-state index contributed by atoms with van der Waals surface area (Å²) in [5.74, 6) is 0. The fourth-order valence-corrected chi connectivity index (χ4v) is 3.77. The topological polar surface area (TPSA) is 72.4 Å². The predicted molar refractivity (Wildman–Crippen MR) is 77.7 cm³/mol. The van der Waals surface area contributed by atoms with Gasteiger partial charge in [-0.15, -0.1) is 0 Å². The number of halogens is 1. The van der Waals surface area contributed by atoms with Crippen LogP contribution in [0.1, 0.15) is 31.2 Å². The Morgan fingerprint density at radius 1 is 1.35 bits per heavy atom. The molecule has 108 valence electrons. The molecule has 0 spiro atoms. The van der Waals surface area contributed by atoms with E-state index >= 15 is 0 Å². The smallest absolute Gasteiger partial charge is 0.288 e. The minimum Gasteiger partial charge on any atom is -0.328 e. The summed E-state index contributed by atoms with van der Waals surface area (Å²) in [6.07, 6.45) is 4.44. The summed E-state index contributed by atoms with van der Waals surface area (Å²) >= 11 is 5.85. The summed E-state index contributed by atoms with van der Waals surface area (Å²) in [4.78, 5) is 13.0. The Morgan fingerprint density at radius 2 is 2.00 bits per heavy atom. The third-order valence-corrected chi connectivity index (χ3v) is 4.81. The molecule has 2 aliphatic heterocycles. The van der Waals surface area contributed by atoms with Gasteiger partial charge in [-0.3, -0.25) is 15.0 Å². The second kappa shape index (κ2) is 5.31. The van der Waals surface area contributed by atoms with Gasteiger partial charge in [0, 0.05) is 30.7 Å². The highest BCUT2D eigenvalue weighted by molar-refractivity contribution is 6.32. The zero-order chi connectivity index (χ0) is 14.3. The lowest BCUT2D eigenvalue weighted by atomic mass is 9.97. The number of hydrogen-bond donors (Lipinski definition) is 1. The summed E-state index contributed by atoms with van der Waals surface area (Å²) in [6.45, 7) is 0.750. The quantitative estimate of drug-likeness (QED) is 0.687. The van der Waals surface area contributed by atoms with Crippen LogP contribution in [-0.4, -0.2) is 27.9 Å². The van der Waals surface area contributed by atoms with E-state index in [4.69, 9.17) is 17.3 Å². The Kier molecular flexibility index (Phi) is 3.67. The van der Waals surface area contributed by atoms with Gasteiger partial charge in [0.05, 0.1) is 4.92 Å². The number of rotatable bonds is 3. The summed E-state index contributed by atoms with van der Waals surface area (Å²) in [6, 6.07) is 6.45. The van der Waals surface area contributed by atoms with Gasteiger partial charge < -0.3 is 5.73 Å². The van der Waals surface area contributed by atoms with Gasteiger partial charge in [0.2, 0.25) is 0 Å². The first-order valence-corrected chi connectivity index (χ1v) is 7.36. The molecule has 0 aliphatic carbocycles. The van der Waals surface area contributed by atoms with Crippen molar-refractivity contribution in [1.29, 1.82) is 0 Å². The van der Waals surface area contributed by atoms with Gasteiger partial charge in [-0.05, 0) is 37.3 Å². The number of nitrogens with two attached hydrogens (primary N) is 1. The monoisotopic (exact) mass is 295 g/mol. The molecule has 1 aromatic carbocycles. The molecule has 0 aromatic heterocycles. The third kappa shape index (κ3) is 2.53. The van der Waals surface area contributed by atoms with E-state index in [1.54, 1.807) is 12.1 Å². The Bertz CT molecular complexity index is 523. The molecule has 2 bridgehead atoms. The first kappa shape index (κ1) is 13.8. The molecule has 3 rings (SSSR count). The first-order valence-electron chi connectivity index (χ1n) is 6.98. The Morgan fingerprint density at radius 3 is 2.60 bits per heavy atom. The Hall–Kier alpha value is -1.17. The van der Waals surface area contributed by atoms with E-state index in [9.17, 15) is 10.1 Å². The Labute approximate surface area is 122 Å². The van der Waals surface area contributed by atoms with Crippen LogP contribution in [-0.2, 0) is 6.54 Å². The second-order valence-electron chi connectivity index (χ2n) is 5.83. The second-order valence-corrected chi connectivity index (χ2v) is 6.24. The number of hydrogen-bond acceptors (Lipinski definition) is 4. The zero-order valence-corrected chi connectivity index (χ0v) is 11.9. The van der Waals surface area contributed by atoms with Crippen LogP contribution in [0.25, 0.3) is 0 Å². The van der Waals surface area contributed by atoms with Gasteiger partial charge in [0.1, 0.15) is 5.02 Å². The van der Waals surface area contributed by atoms with Gasteiger partial charge in [-0.1, -0.05) is 17.7 Å². The van der Waals surface area contributed by atoms with Gasteiger partial charge >= 0.3 is 0 Å². The van der Waals surface area contributed by atoms with Gasteiger partial charge in [0.15, 0.2) is 0 Å². The molecule has 6 heteroatoms. The predicted octanol–water partition coefficient (Wildman–Crippen LogP) is 2.70. The highest BCUT2D eigenvalue weighted by atomic mass is 35.5. The van der Waals surface area contributed by atoms with Crippen LogP contribution in [0.4, 0.5) is 5.69 Å². The van der Waals surface area contributed by atoms with Crippen molar-refractivity contribution in [2.24, 2.45) is 5.73 Å². The van der Waals surface area contributed by atoms with E-state index in [0.717, 1.165) is 24.9 Å². The summed E-state index contributed by atoms with van der Waals surface area (Å²) in [5, 5.41) is 11.1. The van der Waals surface area contributed by atoms with Crippen molar-refractivity contribution in [3.63, 3.8) is 0 Å². The molecule has 0 saturated carbocycles. The number of nitro benzene ring substituents is 1. The molecule has 0 amide bonds. The van der Waals surface area contributed by atoms with Crippen molar-refractivity contribution >= 4 is 17.3 Å². The molecule has 1 aromatic rings. The number of nitrogens with zero attached hydrogens (tertiary/aromatic N) is 2. The largest absolute Gasteiger partial charge is 0.328 e. The highest BCUT2D eigenvalue weighted by Crippen LogP contribution is 2.36. The lowest BCUT2D eigenvalue weighted by Gasteiger charge is -2.37. The number of piperidine rings is 1. The molecule has 2 N–H and O–H groups in total. The van der Waals surface area contributed by atoms with Crippen molar-refractivity contribution in [3.8, 4) is 0 Å². The molecule has 2 atom stereocenters. The molecule has 2 fully saturated rings. The average Bonchev–Trinajstić information content (AvgIpc) is 2.63. The van der Waals surface area contributed by atoms with E-state index in [-0.39, 0.29) is 10.7 Å². The fraction of sp³-hybridized carbons (Fsp3) is 0.571. The fourth-order valence-electron chi connectivity index (χ4n) is 3.58. The van der Waals surface area contributed by atoms with Gasteiger partial charge in [-0.25, -0.2) is 0 Å². The summed E-state index contributed by atoms with van der Waals surface area (Å²) in [7, 11) is 0. The molecule has 0 radical (unpaired) electrons. The number of nitro groups is 1. The van der Waals surface area contributed by atoms with Crippen LogP contribution in [0.2, 0.25) is 5.02 Å². The standard InChI is InChI=1S/C14H18ClN3O2/c15-13-4-1-9(5-14(13)18(19)20)8-17-11-2-3-12(17)7-10(16)6-11/h1,4-5,10-12H,2-3,6-8,16H2. The molecular weight excluding hydrogens is 278 g/mol. The molecule has 2 unspecified atom stereocenters. The summed E-state index contributed by atoms with van der Waals surface area (Å²) in [5.41, 5.74) is 7.00. The van der Waals surface area contributed by atoms with Gasteiger partial charge in [-0.2, -0.15) is 0 Å². The zero-order valence-electron chi connectivity index (χ0n) is 11.2. The molecule has 2 aliphatic rings. The van der Waals surface area contributed by atoms with Crippen LogP contribution in [0.15, 0.2) is 18.2 Å². The highest BCUT2D eigenvalue weighted by Gasteiger charge is 2.39. The maximum Gasteiger partial charge on any atom is 0.288 e. The number of benzene rings is 1. The minimum absolute atomic E-state index is 0.00905. The van der Waals surface area contributed by atoms with Crippen molar-refractivity contribution in [2.45, 2.75) is 50.4 Å². The molecule has 20 heavy (non-hydrogen) atoms. The van der Waals surface area contributed by atoms with Crippen molar-refractivity contribution in [1.82, 2.24) is 4.90 Å². The lowest BCUT2D eigenvalue weighted by molar-refractivity contribution is -0.384. The van der Waals surface area contributed by atoms with Gasteiger partial charge in [0.25, 0.3) is 5.69 Å². The van der Waals surface area contributed by atoms with E-state index in [0.29, 0.717) is 18.1 Å². The Balaban J connectivity index is 1.79. The third-order valence-electron chi connectivity index (χ3n) is 4.49. The maximum atomic E-state index is 10.9. The van der Waals surface area contributed by atoms with Crippen LogP contribution >= 0.6 is 11.6 Å². The first-order chi connectivity index (χ1) is 9.54. The molecule has 2 saturated heterocycles. The van der Waals surface area contributed by atoms with Crippen molar-refractivity contribution in [2.75, 3.05) is 0 Å². The van der Waals surface area contributed by atoms with E-state index in [1.807, 2.05) is 6.07 Å². The van der Waals surface area contributed by atoms with E-state index in [1.165, 1.54) is 12.8 Å². The number of fused-ring (bicyclic) bond motifs is 2. The van der Waals surface area contributed by atoms with Crippen molar-refractivity contribution < 1.29 is 4.92 Å². The van der Waals surface area contributed by atoms with Crippen LogP contribution in [0.5, 0.6) is 0 Å². The molecule has 5 nitrogen and oxygen atoms in total.